The first-order valence-electron chi connectivity index (χ1n) is 10.2. The van der Waals surface area contributed by atoms with E-state index in [1.54, 1.807) is 6.92 Å². The number of aliphatic carboxylic acids is 1. The van der Waals surface area contributed by atoms with E-state index in [-0.39, 0.29) is 0 Å². The fourth-order valence-corrected chi connectivity index (χ4v) is 2.35. The molecule has 0 aliphatic carbocycles. The Labute approximate surface area is 161 Å². The Morgan fingerprint density at radius 3 is 1.73 bits per heavy atom. The molecule has 148 valence electrons. The van der Waals surface area contributed by atoms with E-state index in [0.29, 0.717) is 0 Å². The van der Waals surface area contributed by atoms with Crippen molar-refractivity contribution in [2.24, 2.45) is 0 Å². The number of carboxylic acid groups (broad SMARTS) is 1. The van der Waals surface area contributed by atoms with Gasteiger partial charge < -0.3 is 10.4 Å². The Bertz CT molecular complexity index is 435. The third-order valence-electron chi connectivity index (χ3n) is 4.08. The summed E-state index contributed by atoms with van der Waals surface area (Å²) in [5, 5.41) is 11.7. The topological polar surface area (TPSA) is 49.3 Å². The standard InChI is InChI=1S/C23H39NO2/c1-3-4-5-6-7-8-9-10-11-12-13-14-15-16-17-18-19-20-21-24-22(2)23(25)26/h7-8,10-11,13-14,16-17,22,24H,3-6,9,12,15,18-21H2,1-2H3,(H,25,26)/t22-/m1/s1. The van der Waals surface area contributed by atoms with E-state index < -0.39 is 12.0 Å². The largest absolute Gasteiger partial charge is 0.480 e. The second-order valence-electron chi connectivity index (χ2n) is 6.60. The fourth-order valence-electron chi connectivity index (χ4n) is 2.35. The van der Waals surface area contributed by atoms with Crippen molar-refractivity contribution in [2.45, 2.75) is 84.1 Å². The van der Waals surface area contributed by atoms with Crippen LogP contribution in [0.15, 0.2) is 48.6 Å². The van der Waals surface area contributed by atoms with Crippen molar-refractivity contribution in [3.8, 4) is 0 Å². The molecule has 0 aromatic heterocycles. The molecule has 0 saturated carbocycles. The molecule has 1 atom stereocenters. The maximum atomic E-state index is 10.6. The molecular weight excluding hydrogens is 322 g/mol. The summed E-state index contributed by atoms with van der Waals surface area (Å²) in [4.78, 5) is 10.6. The van der Waals surface area contributed by atoms with E-state index in [4.69, 9.17) is 5.11 Å². The molecule has 26 heavy (non-hydrogen) atoms. The number of rotatable bonds is 17. The molecule has 2 N–H and O–H groups in total. The number of hydrogen-bond donors (Lipinski definition) is 2. The van der Waals surface area contributed by atoms with E-state index in [2.05, 4.69) is 60.8 Å². The second-order valence-corrected chi connectivity index (χ2v) is 6.60. The minimum atomic E-state index is -0.787. The molecule has 0 aliphatic rings. The summed E-state index contributed by atoms with van der Waals surface area (Å²) >= 11 is 0. The monoisotopic (exact) mass is 361 g/mol. The van der Waals surface area contributed by atoms with Crippen LogP contribution in [0.5, 0.6) is 0 Å². The Kier molecular flexibility index (Phi) is 18.5. The Morgan fingerprint density at radius 1 is 0.808 bits per heavy atom. The highest BCUT2D eigenvalue weighted by Gasteiger charge is 2.07. The van der Waals surface area contributed by atoms with Gasteiger partial charge in [-0.3, -0.25) is 4.79 Å². The second kappa shape index (κ2) is 19.7. The maximum absolute atomic E-state index is 10.6. The van der Waals surface area contributed by atoms with Gasteiger partial charge in [-0.1, -0.05) is 68.4 Å². The van der Waals surface area contributed by atoms with Crippen LogP contribution in [0.2, 0.25) is 0 Å². The van der Waals surface area contributed by atoms with Crippen LogP contribution in [-0.2, 0) is 4.79 Å². The lowest BCUT2D eigenvalue weighted by Crippen LogP contribution is -2.34. The highest BCUT2D eigenvalue weighted by molar-refractivity contribution is 5.72. The van der Waals surface area contributed by atoms with E-state index >= 15 is 0 Å². The van der Waals surface area contributed by atoms with Crippen molar-refractivity contribution in [1.82, 2.24) is 5.32 Å². The molecule has 0 radical (unpaired) electrons. The lowest BCUT2D eigenvalue weighted by molar-refractivity contribution is -0.138. The van der Waals surface area contributed by atoms with Crippen molar-refractivity contribution in [2.75, 3.05) is 6.54 Å². The average molecular weight is 362 g/mol. The quantitative estimate of drug-likeness (QED) is 0.240. The molecule has 0 bridgehead atoms. The molecular formula is C23H39NO2. The molecule has 0 aromatic carbocycles. The normalized spacial score (nSPS) is 13.6. The van der Waals surface area contributed by atoms with Crippen molar-refractivity contribution in [3.05, 3.63) is 48.6 Å². The minimum Gasteiger partial charge on any atom is -0.480 e. The molecule has 0 amide bonds. The van der Waals surface area contributed by atoms with Crippen molar-refractivity contribution >= 4 is 5.97 Å². The molecule has 0 rings (SSSR count). The third-order valence-corrected chi connectivity index (χ3v) is 4.08. The van der Waals surface area contributed by atoms with Gasteiger partial charge in [-0.15, -0.1) is 0 Å². The van der Waals surface area contributed by atoms with Gasteiger partial charge in [-0.25, -0.2) is 0 Å². The number of hydrogen-bond acceptors (Lipinski definition) is 2. The van der Waals surface area contributed by atoms with Gasteiger partial charge in [-0.05, 0) is 64.8 Å². The number of nitrogens with one attached hydrogen (secondary N) is 1. The SMILES string of the molecule is CCCCCC=CCC=CCC=CCC=CCCCCN[C@H](C)C(=O)O. The van der Waals surface area contributed by atoms with Gasteiger partial charge in [0.2, 0.25) is 0 Å². The first-order valence-corrected chi connectivity index (χ1v) is 10.2. The number of carbonyl (C=O) groups is 1. The summed E-state index contributed by atoms with van der Waals surface area (Å²) in [5.41, 5.74) is 0. The Hall–Kier alpha value is -1.61. The minimum absolute atomic E-state index is 0.452. The van der Waals surface area contributed by atoms with Gasteiger partial charge >= 0.3 is 5.97 Å². The smallest absolute Gasteiger partial charge is 0.320 e. The van der Waals surface area contributed by atoms with Crippen LogP contribution in [-0.4, -0.2) is 23.7 Å². The van der Waals surface area contributed by atoms with Crippen molar-refractivity contribution in [1.29, 1.82) is 0 Å². The van der Waals surface area contributed by atoms with Crippen LogP contribution in [0, 0.1) is 0 Å². The van der Waals surface area contributed by atoms with Gasteiger partial charge in [0.15, 0.2) is 0 Å². The van der Waals surface area contributed by atoms with Crippen LogP contribution in [0.25, 0.3) is 0 Å². The summed E-state index contributed by atoms with van der Waals surface area (Å²) in [7, 11) is 0. The predicted molar refractivity (Wildman–Crippen MR) is 114 cm³/mol. The number of unbranched alkanes of at least 4 members (excludes halogenated alkanes) is 5. The molecule has 0 unspecified atom stereocenters. The summed E-state index contributed by atoms with van der Waals surface area (Å²) in [6.07, 6.45) is 29.2. The van der Waals surface area contributed by atoms with Crippen molar-refractivity contribution < 1.29 is 9.90 Å². The summed E-state index contributed by atoms with van der Waals surface area (Å²) in [6, 6.07) is -0.452. The van der Waals surface area contributed by atoms with Gasteiger partial charge in [0, 0.05) is 0 Å². The molecule has 0 fully saturated rings. The first-order chi connectivity index (χ1) is 12.7. The third kappa shape index (κ3) is 18.7. The summed E-state index contributed by atoms with van der Waals surface area (Å²) < 4.78 is 0. The van der Waals surface area contributed by atoms with E-state index in [1.807, 2.05) is 0 Å². The van der Waals surface area contributed by atoms with Crippen LogP contribution in [0.1, 0.15) is 78.1 Å². The Balaban J connectivity index is 3.42. The van der Waals surface area contributed by atoms with Crippen LogP contribution >= 0.6 is 0 Å². The summed E-state index contributed by atoms with van der Waals surface area (Å²) in [6.45, 7) is 4.68. The first kappa shape index (κ1) is 24.4. The molecule has 0 aliphatic heterocycles. The zero-order chi connectivity index (χ0) is 19.3. The van der Waals surface area contributed by atoms with E-state index in [0.717, 1.165) is 45.1 Å². The fraction of sp³-hybridized carbons (Fsp3) is 0.609. The van der Waals surface area contributed by atoms with Crippen LogP contribution < -0.4 is 5.32 Å². The van der Waals surface area contributed by atoms with E-state index in [9.17, 15) is 4.79 Å². The molecule has 0 heterocycles. The van der Waals surface area contributed by atoms with E-state index in [1.165, 1.54) is 25.7 Å². The average Bonchev–Trinajstić information content (AvgIpc) is 2.63. The highest BCUT2D eigenvalue weighted by atomic mass is 16.4. The molecule has 3 heteroatoms. The van der Waals surface area contributed by atoms with Crippen LogP contribution in [0.4, 0.5) is 0 Å². The lowest BCUT2D eigenvalue weighted by atomic mass is 10.2. The summed E-state index contributed by atoms with van der Waals surface area (Å²) in [5.74, 6) is -0.787. The maximum Gasteiger partial charge on any atom is 0.320 e. The highest BCUT2D eigenvalue weighted by Crippen LogP contribution is 2.01. The molecule has 0 spiro atoms. The van der Waals surface area contributed by atoms with Gasteiger partial charge in [0.25, 0.3) is 0 Å². The lowest BCUT2D eigenvalue weighted by Gasteiger charge is -2.07. The Morgan fingerprint density at radius 2 is 1.27 bits per heavy atom. The van der Waals surface area contributed by atoms with Crippen LogP contribution in [0.3, 0.4) is 0 Å². The zero-order valence-electron chi connectivity index (χ0n) is 16.8. The van der Waals surface area contributed by atoms with Gasteiger partial charge in [-0.2, -0.15) is 0 Å². The van der Waals surface area contributed by atoms with Gasteiger partial charge in [0.1, 0.15) is 6.04 Å². The number of allylic oxidation sites excluding steroid dienone is 8. The van der Waals surface area contributed by atoms with Crippen molar-refractivity contribution in [3.63, 3.8) is 0 Å². The molecule has 3 nitrogen and oxygen atoms in total. The predicted octanol–water partition coefficient (Wildman–Crippen LogP) is 6.19. The number of carboxylic acids is 1. The molecule has 0 saturated heterocycles. The molecule has 0 aromatic rings. The zero-order valence-corrected chi connectivity index (χ0v) is 16.8. The van der Waals surface area contributed by atoms with Gasteiger partial charge in [0.05, 0.1) is 0 Å².